The van der Waals surface area contributed by atoms with Gasteiger partial charge in [-0.3, -0.25) is 9.90 Å². The SMILES string of the molecule is CON(C)c1c(N)ccc(Cl)c1C. The Labute approximate surface area is 83.0 Å². The number of hydrogen-bond acceptors (Lipinski definition) is 3. The molecule has 0 saturated heterocycles. The van der Waals surface area contributed by atoms with Crippen molar-refractivity contribution in [3.63, 3.8) is 0 Å². The molecule has 0 amide bonds. The van der Waals surface area contributed by atoms with Gasteiger partial charge in [-0.15, -0.1) is 0 Å². The highest BCUT2D eigenvalue weighted by molar-refractivity contribution is 6.31. The van der Waals surface area contributed by atoms with Crippen molar-refractivity contribution >= 4 is 23.0 Å². The van der Waals surface area contributed by atoms with E-state index < -0.39 is 0 Å². The normalized spacial score (nSPS) is 10.2. The summed E-state index contributed by atoms with van der Waals surface area (Å²) in [5, 5.41) is 2.28. The van der Waals surface area contributed by atoms with Crippen LogP contribution in [0.25, 0.3) is 0 Å². The number of nitrogens with zero attached hydrogens (tertiary/aromatic N) is 1. The Hall–Kier alpha value is -0.930. The Bertz CT molecular complexity index is 315. The molecule has 0 saturated carbocycles. The number of benzene rings is 1. The summed E-state index contributed by atoms with van der Waals surface area (Å²) in [5.41, 5.74) is 8.18. The number of halogens is 1. The smallest absolute Gasteiger partial charge is 0.0906 e. The van der Waals surface area contributed by atoms with Crippen LogP contribution in [0.15, 0.2) is 12.1 Å². The lowest BCUT2D eigenvalue weighted by atomic mass is 10.1. The molecule has 2 N–H and O–H groups in total. The molecule has 0 heterocycles. The van der Waals surface area contributed by atoms with E-state index in [1.54, 1.807) is 31.4 Å². The van der Waals surface area contributed by atoms with Gasteiger partial charge in [0, 0.05) is 12.1 Å². The Morgan fingerprint density at radius 1 is 1.46 bits per heavy atom. The van der Waals surface area contributed by atoms with Crippen LogP contribution in [0.5, 0.6) is 0 Å². The van der Waals surface area contributed by atoms with Crippen molar-refractivity contribution < 1.29 is 4.84 Å². The van der Waals surface area contributed by atoms with Gasteiger partial charge in [-0.05, 0) is 24.6 Å². The number of rotatable bonds is 2. The van der Waals surface area contributed by atoms with Crippen molar-refractivity contribution in [1.82, 2.24) is 0 Å². The number of nitrogens with two attached hydrogens (primary N) is 1. The molecule has 0 bridgehead atoms. The van der Waals surface area contributed by atoms with Gasteiger partial charge in [-0.25, -0.2) is 0 Å². The predicted octanol–water partition coefficient (Wildman–Crippen LogP) is 2.23. The first-order valence-corrected chi connectivity index (χ1v) is 4.28. The summed E-state index contributed by atoms with van der Waals surface area (Å²) in [6.45, 7) is 1.91. The summed E-state index contributed by atoms with van der Waals surface area (Å²) in [4.78, 5) is 5.05. The van der Waals surface area contributed by atoms with E-state index in [0.717, 1.165) is 11.3 Å². The molecule has 0 spiro atoms. The topological polar surface area (TPSA) is 38.5 Å². The van der Waals surface area contributed by atoms with Gasteiger partial charge in [0.1, 0.15) is 0 Å². The molecule has 0 unspecified atom stereocenters. The molecule has 1 rings (SSSR count). The van der Waals surface area contributed by atoms with Gasteiger partial charge < -0.3 is 5.73 Å². The Balaban J connectivity index is 3.25. The third-order valence-corrected chi connectivity index (χ3v) is 2.39. The van der Waals surface area contributed by atoms with E-state index in [-0.39, 0.29) is 0 Å². The van der Waals surface area contributed by atoms with Gasteiger partial charge in [0.2, 0.25) is 0 Å². The maximum Gasteiger partial charge on any atom is 0.0906 e. The van der Waals surface area contributed by atoms with Crippen LogP contribution in [-0.4, -0.2) is 14.2 Å². The molecule has 1 aromatic rings. The average Bonchev–Trinajstić information content (AvgIpc) is 2.12. The quantitative estimate of drug-likeness (QED) is 0.588. The second-order valence-electron chi connectivity index (χ2n) is 2.79. The van der Waals surface area contributed by atoms with Gasteiger partial charge in [-0.1, -0.05) is 11.6 Å². The predicted molar refractivity (Wildman–Crippen MR) is 56.0 cm³/mol. The highest BCUT2D eigenvalue weighted by Crippen LogP contribution is 2.31. The second kappa shape index (κ2) is 3.85. The van der Waals surface area contributed by atoms with Crippen LogP contribution in [0.1, 0.15) is 5.56 Å². The molecule has 0 radical (unpaired) electrons. The molecule has 0 fully saturated rings. The molecular formula is C9H13ClN2O. The number of anilines is 2. The third-order valence-electron chi connectivity index (χ3n) is 1.98. The van der Waals surface area contributed by atoms with E-state index >= 15 is 0 Å². The van der Waals surface area contributed by atoms with Gasteiger partial charge in [0.15, 0.2) is 0 Å². The van der Waals surface area contributed by atoms with Gasteiger partial charge in [0.05, 0.1) is 18.5 Å². The summed E-state index contributed by atoms with van der Waals surface area (Å²) in [6.07, 6.45) is 0. The summed E-state index contributed by atoms with van der Waals surface area (Å²) < 4.78 is 0. The van der Waals surface area contributed by atoms with Gasteiger partial charge >= 0.3 is 0 Å². The summed E-state index contributed by atoms with van der Waals surface area (Å²) in [5.74, 6) is 0. The molecule has 72 valence electrons. The highest BCUT2D eigenvalue weighted by Gasteiger charge is 2.10. The molecule has 0 aliphatic rings. The maximum absolute atomic E-state index is 5.95. The maximum atomic E-state index is 5.95. The number of nitrogen functional groups attached to an aromatic ring is 1. The third kappa shape index (κ3) is 1.87. The lowest BCUT2D eigenvalue weighted by molar-refractivity contribution is 0.185. The fraction of sp³-hybridized carbons (Fsp3) is 0.333. The molecule has 0 aliphatic carbocycles. The minimum absolute atomic E-state index is 0.659. The summed E-state index contributed by atoms with van der Waals surface area (Å²) in [6, 6.07) is 3.54. The Kier molecular flexibility index (Phi) is 3.01. The zero-order valence-corrected chi connectivity index (χ0v) is 8.72. The lowest BCUT2D eigenvalue weighted by Gasteiger charge is -2.20. The fourth-order valence-corrected chi connectivity index (χ4v) is 1.36. The van der Waals surface area contributed by atoms with E-state index in [0.29, 0.717) is 10.7 Å². The fourth-order valence-electron chi connectivity index (χ4n) is 1.21. The number of hydroxylamine groups is 1. The lowest BCUT2D eigenvalue weighted by Crippen LogP contribution is -2.17. The van der Waals surface area contributed by atoms with Crippen molar-refractivity contribution in [3.8, 4) is 0 Å². The standard InChI is InChI=1S/C9H13ClN2O/c1-6-7(10)4-5-8(11)9(6)12(2)13-3/h4-5H,11H2,1-3H3. The first-order chi connectivity index (χ1) is 6.07. The molecular weight excluding hydrogens is 188 g/mol. The summed E-state index contributed by atoms with van der Waals surface area (Å²) in [7, 11) is 3.37. The molecule has 0 aromatic heterocycles. The van der Waals surface area contributed by atoms with E-state index in [1.165, 1.54) is 0 Å². The van der Waals surface area contributed by atoms with Crippen molar-refractivity contribution in [2.45, 2.75) is 6.92 Å². The van der Waals surface area contributed by atoms with Crippen molar-refractivity contribution in [2.75, 3.05) is 25.0 Å². The zero-order chi connectivity index (χ0) is 10.0. The molecule has 0 atom stereocenters. The van der Waals surface area contributed by atoms with E-state index in [9.17, 15) is 0 Å². The highest BCUT2D eigenvalue weighted by atomic mass is 35.5. The van der Waals surface area contributed by atoms with Crippen LogP contribution in [0, 0.1) is 6.92 Å². The Morgan fingerprint density at radius 3 is 2.62 bits per heavy atom. The molecule has 3 nitrogen and oxygen atoms in total. The van der Waals surface area contributed by atoms with Crippen LogP contribution in [0.4, 0.5) is 11.4 Å². The first-order valence-electron chi connectivity index (χ1n) is 3.90. The van der Waals surface area contributed by atoms with Gasteiger partial charge in [-0.2, -0.15) is 0 Å². The molecule has 13 heavy (non-hydrogen) atoms. The van der Waals surface area contributed by atoms with Crippen molar-refractivity contribution in [3.05, 3.63) is 22.7 Å². The number of hydrogen-bond donors (Lipinski definition) is 1. The second-order valence-corrected chi connectivity index (χ2v) is 3.20. The Morgan fingerprint density at radius 2 is 2.08 bits per heavy atom. The van der Waals surface area contributed by atoms with Crippen LogP contribution in [0.2, 0.25) is 5.02 Å². The van der Waals surface area contributed by atoms with Crippen LogP contribution in [0.3, 0.4) is 0 Å². The van der Waals surface area contributed by atoms with Crippen molar-refractivity contribution in [2.24, 2.45) is 0 Å². The van der Waals surface area contributed by atoms with E-state index in [1.807, 2.05) is 6.92 Å². The molecule has 0 aliphatic heterocycles. The van der Waals surface area contributed by atoms with Gasteiger partial charge in [0.25, 0.3) is 0 Å². The van der Waals surface area contributed by atoms with E-state index in [4.69, 9.17) is 22.2 Å². The summed E-state index contributed by atoms with van der Waals surface area (Å²) >= 11 is 5.95. The minimum Gasteiger partial charge on any atom is -0.397 e. The van der Waals surface area contributed by atoms with Crippen LogP contribution < -0.4 is 10.8 Å². The zero-order valence-electron chi connectivity index (χ0n) is 7.97. The molecule has 1 aromatic carbocycles. The molecule has 4 heteroatoms. The van der Waals surface area contributed by atoms with Crippen LogP contribution >= 0.6 is 11.6 Å². The van der Waals surface area contributed by atoms with Crippen LogP contribution in [-0.2, 0) is 4.84 Å². The van der Waals surface area contributed by atoms with Crippen molar-refractivity contribution in [1.29, 1.82) is 0 Å². The largest absolute Gasteiger partial charge is 0.397 e. The monoisotopic (exact) mass is 200 g/mol. The van der Waals surface area contributed by atoms with E-state index in [2.05, 4.69) is 0 Å². The first kappa shape index (κ1) is 10.2. The minimum atomic E-state index is 0.659. The average molecular weight is 201 g/mol.